The van der Waals surface area contributed by atoms with Crippen molar-refractivity contribution >= 4 is 23.0 Å². The molecule has 8 heteroatoms. The van der Waals surface area contributed by atoms with Gasteiger partial charge in [0.15, 0.2) is 0 Å². The van der Waals surface area contributed by atoms with Crippen molar-refractivity contribution in [1.82, 2.24) is 20.2 Å². The summed E-state index contributed by atoms with van der Waals surface area (Å²) in [5.74, 6) is 0.0543. The molecule has 2 aromatic rings. The number of imidazole rings is 1. The van der Waals surface area contributed by atoms with Crippen molar-refractivity contribution < 1.29 is 14.3 Å². The number of hydrogen-bond acceptors (Lipinski definition) is 4. The molecule has 1 fully saturated rings. The molecule has 1 unspecified atom stereocenters. The van der Waals surface area contributed by atoms with Crippen LogP contribution in [0.1, 0.15) is 50.9 Å². The lowest BCUT2D eigenvalue weighted by Crippen LogP contribution is -2.55. The van der Waals surface area contributed by atoms with Crippen molar-refractivity contribution in [2.24, 2.45) is 13.0 Å². The van der Waals surface area contributed by atoms with E-state index in [1.807, 2.05) is 6.92 Å². The quantitative estimate of drug-likeness (QED) is 0.731. The van der Waals surface area contributed by atoms with Gasteiger partial charge in [-0.05, 0) is 64.7 Å². The van der Waals surface area contributed by atoms with Gasteiger partial charge in [0.25, 0.3) is 5.91 Å². The summed E-state index contributed by atoms with van der Waals surface area (Å²) in [4.78, 5) is 39.3. The molecule has 1 aromatic carbocycles. The van der Waals surface area contributed by atoms with E-state index in [9.17, 15) is 14.4 Å². The number of ether oxygens (including phenoxy) is 1. The highest BCUT2D eigenvalue weighted by Crippen LogP contribution is 2.39. The van der Waals surface area contributed by atoms with Crippen molar-refractivity contribution in [3.05, 3.63) is 34.2 Å². The molecule has 0 radical (unpaired) electrons. The summed E-state index contributed by atoms with van der Waals surface area (Å²) >= 11 is 0. The Hall–Kier alpha value is -2.77. The van der Waals surface area contributed by atoms with Crippen LogP contribution in [0.3, 0.4) is 0 Å². The number of carbonyl (C=O) groups is 2. The summed E-state index contributed by atoms with van der Waals surface area (Å²) in [6, 6.07) is 5.11. The van der Waals surface area contributed by atoms with Crippen molar-refractivity contribution in [2.45, 2.75) is 51.7 Å². The van der Waals surface area contributed by atoms with Crippen LogP contribution < -0.4 is 16.3 Å². The van der Waals surface area contributed by atoms with E-state index in [2.05, 4.69) is 15.6 Å². The van der Waals surface area contributed by atoms with Crippen LogP contribution in [0.2, 0.25) is 0 Å². The summed E-state index contributed by atoms with van der Waals surface area (Å²) in [6.45, 7) is 7.63. The minimum absolute atomic E-state index is 0.225. The Morgan fingerprint density at radius 1 is 1.25 bits per heavy atom. The number of H-pyrrole nitrogens is 1. The van der Waals surface area contributed by atoms with Gasteiger partial charge in [0.2, 0.25) is 0 Å². The number of nitrogens with one attached hydrogen (secondary N) is 3. The number of aryl methyl sites for hydroxylation is 1. The third kappa shape index (κ3) is 4.37. The monoisotopic (exact) mass is 388 g/mol. The zero-order chi connectivity index (χ0) is 20.7. The lowest BCUT2D eigenvalue weighted by molar-refractivity contribution is 0.0502. The van der Waals surface area contributed by atoms with Gasteiger partial charge in [0.1, 0.15) is 5.60 Å². The van der Waals surface area contributed by atoms with Crippen LogP contribution in [0.4, 0.5) is 4.79 Å². The van der Waals surface area contributed by atoms with Gasteiger partial charge >= 0.3 is 11.8 Å². The molecule has 28 heavy (non-hydrogen) atoms. The second kappa shape index (κ2) is 7.00. The average Bonchev–Trinajstić information content (AvgIpc) is 3.39. The van der Waals surface area contributed by atoms with Crippen molar-refractivity contribution in [3.8, 4) is 0 Å². The third-order valence-corrected chi connectivity index (χ3v) is 5.04. The summed E-state index contributed by atoms with van der Waals surface area (Å²) in [5, 5.41) is 5.84. The van der Waals surface area contributed by atoms with E-state index >= 15 is 0 Å². The van der Waals surface area contributed by atoms with Crippen LogP contribution in [-0.4, -0.2) is 39.2 Å². The number of rotatable bonds is 5. The smallest absolute Gasteiger partial charge is 0.407 e. The molecular formula is C20H28N4O4. The molecule has 1 aliphatic rings. The Labute approximate surface area is 163 Å². The van der Waals surface area contributed by atoms with Crippen LogP contribution in [0, 0.1) is 5.92 Å². The third-order valence-electron chi connectivity index (χ3n) is 5.04. The molecule has 152 valence electrons. The average molecular weight is 388 g/mol. The molecule has 0 saturated heterocycles. The van der Waals surface area contributed by atoms with Crippen LogP contribution in [-0.2, 0) is 11.8 Å². The summed E-state index contributed by atoms with van der Waals surface area (Å²) in [5.41, 5.74) is 0.423. The Morgan fingerprint density at radius 3 is 2.54 bits per heavy atom. The second-order valence-electron chi connectivity index (χ2n) is 8.72. The van der Waals surface area contributed by atoms with Crippen LogP contribution >= 0.6 is 0 Å². The fraction of sp³-hybridized carbons (Fsp3) is 0.550. The van der Waals surface area contributed by atoms with Crippen molar-refractivity contribution in [2.75, 3.05) is 6.54 Å². The highest BCUT2D eigenvalue weighted by molar-refractivity contribution is 5.97. The first kappa shape index (κ1) is 20.0. The zero-order valence-electron chi connectivity index (χ0n) is 17.0. The molecule has 8 nitrogen and oxygen atoms in total. The first-order valence-corrected chi connectivity index (χ1v) is 9.47. The van der Waals surface area contributed by atoms with E-state index in [1.54, 1.807) is 46.0 Å². The van der Waals surface area contributed by atoms with Crippen LogP contribution in [0.25, 0.3) is 11.0 Å². The first-order valence-electron chi connectivity index (χ1n) is 9.47. The molecule has 1 atom stereocenters. The maximum Gasteiger partial charge on any atom is 0.407 e. The predicted molar refractivity (Wildman–Crippen MR) is 106 cm³/mol. The largest absolute Gasteiger partial charge is 0.444 e. The molecule has 2 amide bonds. The molecule has 1 aliphatic carbocycles. The normalized spacial score (nSPS) is 16.5. The van der Waals surface area contributed by atoms with E-state index in [0.717, 1.165) is 18.4 Å². The Balaban J connectivity index is 1.72. The van der Waals surface area contributed by atoms with Gasteiger partial charge in [-0.25, -0.2) is 9.59 Å². The van der Waals surface area contributed by atoms with Crippen LogP contribution in [0.15, 0.2) is 23.0 Å². The van der Waals surface area contributed by atoms with Gasteiger partial charge in [0, 0.05) is 19.2 Å². The lowest BCUT2D eigenvalue weighted by Gasteiger charge is -2.32. The molecule has 0 bridgehead atoms. The fourth-order valence-corrected chi connectivity index (χ4v) is 3.29. The van der Waals surface area contributed by atoms with Gasteiger partial charge in [0.05, 0.1) is 16.6 Å². The lowest BCUT2D eigenvalue weighted by atomic mass is 9.95. The predicted octanol–water partition coefficient (Wildman–Crippen LogP) is 2.29. The van der Waals surface area contributed by atoms with Gasteiger partial charge in [-0.2, -0.15) is 0 Å². The Kier molecular flexibility index (Phi) is 4.99. The Morgan fingerprint density at radius 2 is 1.93 bits per heavy atom. The minimum atomic E-state index is -0.578. The second-order valence-corrected chi connectivity index (χ2v) is 8.72. The van der Waals surface area contributed by atoms with Gasteiger partial charge < -0.3 is 20.4 Å². The maximum atomic E-state index is 12.8. The number of carbonyl (C=O) groups excluding carboxylic acids is 2. The molecule has 1 aromatic heterocycles. The molecular weight excluding hydrogens is 360 g/mol. The molecule has 0 aliphatic heterocycles. The summed E-state index contributed by atoms with van der Waals surface area (Å²) in [7, 11) is 1.67. The highest BCUT2D eigenvalue weighted by atomic mass is 16.6. The highest BCUT2D eigenvalue weighted by Gasteiger charge is 2.43. The minimum Gasteiger partial charge on any atom is -0.444 e. The number of aromatic amines is 1. The number of alkyl carbamates (subject to hydrolysis) is 1. The van der Waals surface area contributed by atoms with Gasteiger partial charge in [-0.15, -0.1) is 0 Å². The fourth-order valence-electron chi connectivity index (χ4n) is 3.29. The number of aromatic nitrogens is 2. The van der Waals surface area contributed by atoms with Crippen molar-refractivity contribution in [3.63, 3.8) is 0 Å². The molecule has 3 N–H and O–H groups in total. The van der Waals surface area contributed by atoms with Crippen LogP contribution in [0.5, 0.6) is 0 Å². The first-order chi connectivity index (χ1) is 13.0. The van der Waals surface area contributed by atoms with E-state index in [1.165, 1.54) is 4.57 Å². The summed E-state index contributed by atoms with van der Waals surface area (Å²) in [6.07, 6.45) is 1.49. The van der Waals surface area contributed by atoms with E-state index in [0.29, 0.717) is 17.0 Å². The molecule has 3 rings (SSSR count). The molecule has 0 spiro atoms. The standard InChI is InChI=1S/C20H28N4O4/c1-19(2,3)28-18(27)21-11-20(4,13-7-8-13)23-16(25)12-6-9-15-14(10-12)22-17(26)24(15)5/h6,9-10,13H,7-8,11H2,1-5H3,(H,21,27)(H,22,26)(H,23,25). The SMILES string of the molecule is Cn1c(=O)[nH]c2cc(C(=O)NC(C)(CNC(=O)OC(C)(C)C)C3CC3)ccc21. The van der Waals surface area contributed by atoms with Gasteiger partial charge in [-0.1, -0.05) is 0 Å². The Bertz CT molecular complexity index is 965. The van der Waals surface area contributed by atoms with Gasteiger partial charge in [-0.3, -0.25) is 9.36 Å². The summed E-state index contributed by atoms with van der Waals surface area (Å²) < 4.78 is 6.78. The van der Waals surface area contributed by atoms with E-state index in [-0.39, 0.29) is 18.1 Å². The van der Waals surface area contributed by atoms with E-state index < -0.39 is 17.2 Å². The molecule has 1 heterocycles. The number of benzene rings is 1. The zero-order valence-corrected chi connectivity index (χ0v) is 17.0. The van der Waals surface area contributed by atoms with Crippen molar-refractivity contribution in [1.29, 1.82) is 0 Å². The number of hydrogen-bond donors (Lipinski definition) is 3. The number of nitrogens with zero attached hydrogens (tertiary/aromatic N) is 1. The maximum absolute atomic E-state index is 12.8. The van der Waals surface area contributed by atoms with E-state index in [4.69, 9.17) is 4.74 Å². The topological polar surface area (TPSA) is 105 Å². The number of fused-ring (bicyclic) bond motifs is 1. The molecule has 1 saturated carbocycles. The number of amides is 2.